The van der Waals surface area contributed by atoms with Gasteiger partial charge in [-0.15, -0.1) is 0 Å². The monoisotopic (exact) mass is 337 g/mol. The fourth-order valence-corrected chi connectivity index (χ4v) is 3.02. The Morgan fingerprint density at radius 2 is 1.96 bits per heavy atom. The average Bonchev–Trinajstić information content (AvgIpc) is 3.24. The van der Waals surface area contributed by atoms with E-state index in [2.05, 4.69) is 15.5 Å². The molecule has 6 heteroatoms. The third kappa shape index (κ3) is 5.24. The van der Waals surface area contributed by atoms with Crippen LogP contribution in [0.2, 0.25) is 0 Å². The lowest BCUT2D eigenvalue weighted by atomic mass is 10.0. The zero-order valence-electron chi connectivity index (χ0n) is 15.0. The maximum Gasteiger partial charge on any atom is 0.314 e. The SMILES string of the molecule is CCC(C)C(O)CNC(=O)NCC(c1ccc(C)o1)N1CCCC1. The lowest BCUT2D eigenvalue weighted by Crippen LogP contribution is -2.44. The van der Waals surface area contributed by atoms with E-state index >= 15 is 0 Å². The number of amides is 2. The number of nitrogens with zero attached hydrogens (tertiary/aromatic N) is 1. The summed E-state index contributed by atoms with van der Waals surface area (Å²) in [5.74, 6) is 1.96. The molecule has 3 unspecified atom stereocenters. The van der Waals surface area contributed by atoms with Crippen LogP contribution in [0.25, 0.3) is 0 Å². The molecule has 24 heavy (non-hydrogen) atoms. The smallest absolute Gasteiger partial charge is 0.314 e. The first-order valence-corrected chi connectivity index (χ1v) is 9.01. The Hall–Kier alpha value is -1.53. The maximum atomic E-state index is 12.0. The number of carbonyl (C=O) groups excluding carboxylic acids is 1. The van der Waals surface area contributed by atoms with Crippen LogP contribution >= 0.6 is 0 Å². The second-order valence-corrected chi connectivity index (χ2v) is 6.75. The van der Waals surface area contributed by atoms with Crippen LogP contribution in [0.4, 0.5) is 4.79 Å². The van der Waals surface area contributed by atoms with E-state index in [4.69, 9.17) is 4.42 Å². The summed E-state index contributed by atoms with van der Waals surface area (Å²) >= 11 is 0. The number of hydrogen-bond acceptors (Lipinski definition) is 4. The van der Waals surface area contributed by atoms with E-state index in [0.29, 0.717) is 6.54 Å². The quantitative estimate of drug-likeness (QED) is 0.681. The molecular formula is C18H31N3O3. The molecule has 0 radical (unpaired) electrons. The molecule has 0 saturated carbocycles. The topological polar surface area (TPSA) is 77.7 Å². The molecule has 3 N–H and O–H groups in total. The van der Waals surface area contributed by atoms with E-state index < -0.39 is 6.10 Å². The van der Waals surface area contributed by atoms with Crippen molar-refractivity contribution in [2.24, 2.45) is 5.92 Å². The predicted molar refractivity (Wildman–Crippen MR) is 93.9 cm³/mol. The Kier molecular flexibility index (Phi) is 7.12. The van der Waals surface area contributed by atoms with E-state index in [9.17, 15) is 9.90 Å². The normalized spacial score (nSPS) is 19.0. The fourth-order valence-electron chi connectivity index (χ4n) is 3.02. The van der Waals surface area contributed by atoms with Crippen molar-refractivity contribution in [3.05, 3.63) is 23.7 Å². The lowest BCUT2D eigenvalue weighted by molar-refractivity contribution is 0.114. The van der Waals surface area contributed by atoms with Gasteiger partial charge in [0.25, 0.3) is 0 Å². The summed E-state index contributed by atoms with van der Waals surface area (Å²) in [6, 6.07) is 3.77. The summed E-state index contributed by atoms with van der Waals surface area (Å²) in [6.45, 7) is 8.77. The summed E-state index contributed by atoms with van der Waals surface area (Å²) in [5.41, 5.74) is 0. The van der Waals surface area contributed by atoms with Gasteiger partial charge < -0.3 is 20.2 Å². The highest BCUT2D eigenvalue weighted by Gasteiger charge is 2.26. The molecule has 2 heterocycles. The standard InChI is InChI=1S/C18H31N3O3/c1-4-13(2)16(22)12-20-18(23)19-11-15(21-9-5-6-10-21)17-8-7-14(3)24-17/h7-8,13,15-16,22H,4-6,9-12H2,1-3H3,(H2,19,20,23). The van der Waals surface area contributed by atoms with Crippen molar-refractivity contribution in [3.8, 4) is 0 Å². The van der Waals surface area contributed by atoms with Crippen molar-refractivity contribution in [1.29, 1.82) is 0 Å². The number of carbonyl (C=O) groups is 1. The van der Waals surface area contributed by atoms with Gasteiger partial charge in [0.1, 0.15) is 11.5 Å². The Morgan fingerprint density at radius 1 is 1.29 bits per heavy atom. The summed E-state index contributed by atoms with van der Waals surface area (Å²) in [6.07, 6.45) is 2.75. The lowest BCUT2D eigenvalue weighted by Gasteiger charge is -2.26. The molecule has 1 saturated heterocycles. The van der Waals surface area contributed by atoms with Gasteiger partial charge in [0.2, 0.25) is 0 Å². The van der Waals surface area contributed by atoms with Crippen LogP contribution in [-0.4, -0.2) is 48.3 Å². The molecule has 136 valence electrons. The molecule has 1 aromatic heterocycles. The van der Waals surface area contributed by atoms with E-state index in [1.54, 1.807) is 0 Å². The van der Waals surface area contributed by atoms with Gasteiger partial charge in [0, 0.05) is 13.1 Å². The van der Waals surface area contributed by atoms with E-state index in [1.807, 2.05) is 32.9 Å². The molecule has 1 aromatic rings. The first kappa shape index (κ1) is 18.8. The van der Waals surface area contributed by atoms with Gasteiger partial charge in [-0.05, 0) is 50.9 Å². The van der Waals surface area contributed by atoms with Crippen LogP contribution in [-0.2, 0) is 0 Å². The largest absolute Gasteiger partial charge is 0.465 e. The first-order valence-electron chi connectivity index (χ1n) is 9.01. The molecule has 0 bridgehead atoms. The molecule has 0 aromatic carbocycles. The highest BCUT2D eigenvalue weighted by molar-refractivity contribution is 5.73. The third-order valence-electron chi connectivity index (χ3n) is 4.90. The zero-order chi connectivity index (χ0) is 17.5. The van der Waals surface area contributed by atoms with Crippen LogP contribution in [0, 0.1) is 12.8 Å². The number of nitrogens with one attached hydrogen (secondary N) is 2. The summed E-state index contributed by atoms with van der Waals surface area (Å²) < 4.78 is 5.78. The van der Waals surface area contributed by atoms with E-state index in [-0.39, 0.29) is 24.5 Å². The van der Waals surface area contributed by atoms with Gasteiger partial charge in [0.05, 0.1) is 12.1 Å². The Morgan fingerprint density at radius 3 is 2.54 bits per heavy atom. The third-order valence-corrected chi connectivity index (χ3v) is 4.90. The molecule has 6 nitrogen and oxygen atoms in total. The van der Waals surface area contributed by atoms with Gasteiger partial charge in [-0.2, -0.15) is 0 Å². The Labute approximate surface area is 144 Å². The summed E-state index contributed by atoms with van der Waals surface area (Å²) in [7, 11) is 0. The number of aryl methyl sites for hydroxylation is 1. The highest BCUT2D eigenvalue weighted by Crippen LogP contribution is 2.26. The Balaban J connectivity index is 1.85. The second kappa shape index (κ2) is 9.08. The minimum Gasteiger partial charge on any atom is -0.465 e. The van der Waals surface area contributed by atoms with Gasteiger partial charge >= 0.3 is 6.03 Å². The highest BCUT2D eigenvalue weighted by atomic mass is 16.3. The minimum atomic E-state index is -0.511. The second-order valence-electron chi connectivity index (χ2n) is 6.75. The van der Waals surface area contributed by atoms with E-state index in [0.717, 1.165) is 31.0 Å². The number of likely N-dealkylation sites (tertiary alicyclic amines) is 1. The van der Waals surface area contributed by atoms with Gasteiger partial charge in [0.15, 0.2) is 0 Å². The Bertz CT molecular complexity index is 511. The van der Waals surface area contributed by atoms with E-state index in [1.165, 1.54) is 12.8 Å². The van der Waals surface area contributed by atoms with Crippen LogP contribution in [0.15, 0.2) is 16.5 Å². The van der Waals surface area contributed by atoms with Crippen molar-refractivity contribution in [3.63, 3.8) is 0 Å². The molecule has 0 aliphatic carbocycles. The molecule has 1 aliphatic heterocycles. The van der Waals surface area contributed by atoms with Crippen molar-refractivity contribution < 1.29 is 14.3 Å². The van der Waals surface area contributed by atoms with Crippen molar-refractivity contribution in [2.75, 3.05) is 26.2 Å². The number of rotatable bonds is 8. The van der Waals surface area contributed by atoms with Gasteiger partial charge in [-0.25, -0.2) is 4.79 Å². The van der Waals surface area contributed by atoms with Crippen LogP contribution in [0.3, 0.4) is 0 Å². The van der Waals surface area contributed by atoms with Gasteiger partial charge in [-0.1, -0.05) is 20.3 Å². The summed E-state index contributed by atoms with van der Waals surface area (Å²) in [4.78, 5) is 14.4. The van der Waals surface area contributed by atoms with Gasteiger partial charge in [-0.3, -0.25) is 4.90 Å². The van der Waals surface area contributed by atoms with Crippen LogP contribution in [0.1, 0.15) is 50.7 Å². The molecule has 1 fully saturated rings. The number of aliphatic hydroxyl groups is 1. The molecule has 0 spiro atoms. The number of hydrogen-bond donors (Lipinski definition) is 3. The number of furan rings is 1. The number of urea groups is 1. The number of aliphatic hydroxyl groups excluding tert-OH is 1. The summed E-state index contributed by atoms with van der Waals surface area (Å²) in [5, 5.41) is 15.6. The maximum absolute atomic E-state index is 12.0. The fraction of sp³-hybridized carbons (Fsp3) is 0.722. The first-order chi connectivity index (χ1) is 11.5. The van der Waals surface area contributed by atoms with Crippen molar-refractivity contribution in [2.45, 2.75) is 52.2 Å². The minimum absolute atomic E-state index is 0.0615. The predicted octanol–water partition coefficient (Wildman–Crippen LogP) is 2.43. The molecule has 2 amide bonds. The molecular weight excluding hydrogens is 306 g/mol. The molecule has 2 rings (SSSR count). The van der Waals surface area contributed by atoms with Crippen LogP contribution in [0.5, 0.6) is 0 Å². The average molecular weight is 337 g/mol. The zero-order valence-corrected chi connectivity index (χ0v) is 15.0. The van der Waals surface area contributed by atoms with Crippen molar-refractivity contribution in [1.82, 2.24) is 15.5 Å². The van der Waals surface area contributed by atoms with Crippen molar-refractivity contribution >= 4 is 6.03 Å². The van der Waals surface area contributed by atoms with Crippen LogP contribution < -0.4 is 10.6 Å². The molecule has 3 atom stereocenters. The molecule has 1 aliphatic rings.